The molecule has 2 heteroatoms. The zero-order valence-electron chi connectivity index (χ0n) is 9.96. The summed E-state index contributed by atoms with van der Waals surface area (Å²) in [6, 6.07) is 7.79. The Kier molecular flexibility index (Phi) is 4.37. The molecule has 1 N–H and O–H groups in total. The Morgan fingerprint density at radius 3 is 1.94 bits per heavy atom. The number of aliphatic hydroxyl groups excluding tert-OH is 1. The molecule has 1 aromatic rings. The van der Waals surface area contributed by atoms with Gasteiger partial charge in [-0.05, 0) is 24.3 Å². The van der Waals surface area contributed by atoms with Crippen LogP contribution in [0.15, 0.2) is 24.3 Å². The van der Waals surface area contributed by atoms with Crippen LogP contribution in [0.25, 0.3) is 0 Å². The van der Waals surface area contributed by atoms with E-state index in [0.29, 0.717) is 0 Å². The van der Waals surface area contributed by atoms with Gasteiger partial charge >= 0.3 is 0 Å². The molecule has 0 aliphatic rings. The van der Waals surface area contributed by atoms with Gasteiger partial charge in [-0.15, -0.1) is 5.54 Å². The first-order chi connectivity index (χ1) is 7.51. The molecule has 0 heterocycles. The molecule has 1 aromatic carbocycles. The highest BCUT2D eigenvalue weighted by atomic mass is 28.3. The lowest BCUT2D eigenvalue weighted by molar-refractivity contribution is 0.350. The minimum atomic E-state index is -1.30. The van der Waals surface area contributed by atoms with E-state index in [4.69, 9.17) is 5.11 Å². The van der Waals surface area contributed by atoms with Crippen LogP contribution in [0.3, 0.4) is 0 Å². The van der Waals surface area contributed by atoms with Crippen molar-refractivity contribution in [1.29, 1.82) is 0 Å². The maximum absolute atomic E-state index is 8.56. The molecule has 0 aliphatic carbocycles. The van der Waals surface area contributed by atoms with E-state index < -0.39 is 8.07 Å². The first kappa shape index (κ1) is 12.6. The maximum Gasteiger partial charge on any atom is 0.129 e. The average Bonchev–Trinajstić information content (AvgIpc) is 2.24. The van der Waals surface area contributed by atoms with Crippen molar-refractivity contribution in [3.8, 4) is 23.3 Å². The van der Waals surface area contributed by atoms with Crippen LogP contribution in [-0.4, -0.2) is 19.8 Å². The number of rotatable bonds is 0. The van der Waals surface area contributed by atoms with Crippen LogP contribution < -0.4 is 0 Å². The van der Waals surface area contributed by atoms with Gasteiger partial charge in [0.05, 0.1) is 0 Å². The van der Waals surface area contributed by atoms with Crippen LogP contribution in [0.4, 0.5) is 0 Å². The van der Waals surface area contributed by atoms with Crippen molar-refractivity contribution in [1.82, 2.24) is 0 Å². The van der Waals surface area contributed by atoms with Crippen molar-refractivity contribution in [2.45, 2.75) is 19.6 Å². The van der Waals surface area contributed by atoms with Crippen molar-refractivity contribution in [2.24, 2.45) is 0 Å². The lowest BCUT2D eigenvalue weighted by Gasteiger charge is -2.03. The predicted octanol–water partition coefficient (Wildman–Crippen LogP) is 2.26. The zero-order chi connectivity index (χ0) is 12.0. The monoisotopic (exact) mass is 228 g/mol. The molecule has 0 saturated heterocycles. The highest BCUT2D eigenvalue weighted by Gasteiger charge is 2.07. The van der Waals surface area contributed by atoms with Crippen LogP contribution >= 0.6 is 0 Å². The maximum atomic E-state index is 8.56. The Morgan fingerprint density at radius 1 is 1.00 bits per heavy atom. The van der Waals surface area contributed by atoms with Gasteiger partial charge in [0.2, 0.25) is 0 Å². The van der Waals surface area contributed by atoms with E-state index in [2.05, 4.69) is 42.9 Å². The normalized spacial score (nSPS) is 9.75. The van der Waals surface area contributed by atoms with Gasteiger partial charge in [-0.25, -0.2) is 0 Å². The van der Waals surface area contributed by atoms with Gasteiger partial charge in [-0.1, -0.05) is 37.4 Å². The molecule has 0 spiro atoms. The molecule has 0 fully saturated rings. The summed E-state index contributed by atoms with van der Waals surface area (Å²) >= 11 is 0. The smallest absolute Gasteiger partial charge is 0.129 e. The molecule has 0 saturated carbocycles. The van der Waals surface area contributed by atoms with E-state index in [-0.39, 0.29) is 6.61 Å². The molecule has 82 valence electrons. The summed E-state index contributed by atoms with van der Waals surface area (Å²) in [5.41, 5.74) is 5.25. The molecule has 0 radical (unpaired) electrons. The summed E-state index contributed by atoms with van der Waals surface area (Å²) in [5.74, 6) is 8.65. The molecule has 0 aromatic heterocycles. The molecule has 0 atom stereocenters. The van der Waals surface area contributed by atoms with Crippen molar-refractivity contribution < 1.29 is 5.11 Å². The zero-order valence-corrected chi connectivity index (χ0v) is 11.0. The van der Waals surface area contributed by atoms with Crippen LogP contribution in [0, 0.1) is 23.3 Å². The third kappa shape index (κ3) is 4.84. The number of hydrogen-bond acceptors (Lipinski definition) is 1. The van der Waals surface area contributed by atoms with Crippen molar-refractivity contribution in [3.63, 3.8) is 0 Å². The molecular weight excluding hydrogens is 212 g/mol. The van der Waals surface area contributed by atoms with Gasteiger partial charge in [0, 0.05) is 11.1 Å². The summed E-state index contributed by atoms with van der Waals surface area (Å²) in [7, 11) is -1.30. The minimum absolute atomic E-state index is 0.100. The predicted molar refractivity (Wildman–Crippen MR) is 70.6 cm³/mol. The molecule has 0 amide bonds. The number of benzene rings is 1. The second-order valence-corrected chi connectivity index (χ2v) is 9.29. The third-order valence-corrected chi connectivity index (χ3v) is 2.65. The lowest BCUT2D eigenvalue weighted by Crippen LogP contribution is -2.16. The summed E-state index contributed by atoms with van der Waals surface area (Å²) < 4.78 is 0. The van der Waals surface area contributed by atoms with Gasteiger partial charge in [0.1, 0.15) is 14.7 Å². The molecule has 16 heavy (non-hydrogen) atoms. The van der Waals surface area contributed by atoms with Crippen molar-refractivity contribution >= 4 is 8.07 Å². The van der Waals surface area contributed by atoms with E-state index in [1.165, 1.54) is 0 Å². The number of hydrogen-bond donors (Lipinski definition) is 1. The fourth-order valence-corrected chi connectivity index (χ4v) is 1.56. The van der Waals surface area contributed by atoms with E-state index in [9.17, 15) is 0 Å². The molecule has 1 rings (SSSR count). The Bertz CT molecular complexity index is 458. The molecule has 0 unspecified atom stereocenters. The Labute approximate surface area is 98.5 Å². The fourth-order valence-electron chi connectivity index (χ4n) is 1.04. The SMILES string of the molecule is C[Si](C)(C)C#Cc1ccc(C#CCO)cc1. The van der Waals surface area contributed by atoms with E-state index in [0.717, 1.165) is 11.1 Å². The molecule has 1 nitrogen and oxygen atoms in total. The van der Waals surface area contributed by atoms with Crippen LogP contribution in [0.1, 0.15) is 11.1 Å². The topological polar surface area (TPSA) is 20.2 Å². The molecule has 0 bridgehead atoms. The van der Waals surface area contributed by atoms with Crippen molar-refractivity contribution in [3.05, 3.63) is 35.4 Å². The highest BCUT2D eigenvalue weighted by Crippen LogP contribution is 2.03. The Balaban J connectivity index is 2.82. The Morgan fingerprint density at radius 2 is 1.50 bits per heavy atom. The summed E-state index contributed by atoms with van der Waals surface area (Å²) in [6.07, 6.45) is 0. The van der Waals surface area contributed by atoms with Gasteiger partial charge in [0.15, 0.2) is 0 Å². The van der Waals surface area contributed by atoms with Crippen LogP contribution in [-0.2, 0) is 0 Å². The summed E-state index contributed by atoms with van der Waals surface area (Å²) in [5, 5.41) is 8.56. The summed E-state index contributed by atoms with van der Waals surface area (Å²) in [4.78, 5) is 0. The van der Waals surface area contributed by atoms with Gasteiger partial charge in [-0.3, -0.25) is 0 Å². The standard InChI is InChI=1S/C14H16OSi/c1-16(2,3)12-10-14-8-6-13(7-9-14)5-4-11-15/h6-9,15H,11H2,1-3H3. The molecular formula is C14H16OSi. The molecule has 0 aliphatic heterocycles. The number of aliphatic hydroxyl groups is 1. The van der Waals surface area contributed by atoms with Crippen LogP contribution in [0.5, 0.6) is 0 Å². The van der Waals surface area contributed by atoms with Gasteiger partial charge in [-0.2, -0.15) is 0 Å². The van der Waals surface area contributed by atoms with E-state index in [1.807, 2.05) is 24.3 Å². The largest absolute Gasteiger partial charge is 0.384 e. The van der Waals surface area contributed by atoms with Crippen LogP contribution in [0.2, 0.25) is 19.6 Å². The minimum Gasteiger partial charge on any atom is -0.384 e. The lowest BCUT2D eigenvalue weighted by atomic mass is 10.1. The third-order valence-electron chi connectivity index (χ3n) is 1.78. The second-order valence-electron chi connectivity index (χ2n) is 4.54. The fraction of sp³-hybridized carbons (Fsp3) is 0.286. The van der Waals surface area contributed by atoms with Gasteiger partial charge in [0.25, 0.3) is 0 Å². The summed E-state index contributed by atoms with van der Waals surface area (Å²) in [6.45, 7) is 6.57. The van der Waals surface area contributed by atoms with E-state index >= 15 is 0 Å². The van der Waals surface area contributed by atoms with Gasteiger partial charge < -0.3 is 5.11 Å². The second kappa shape index (κ2) is 5.56. The first-order valence-electron chi connectivity index (χ1n) is 5.24. The Hall–Kier alpha value is -1.48. The highest BCUT2D eigenvalue weighted by molar-refractivity contribution is 6.83. The van der Waals surface area contributed by atoms with Crippen molar-refractivity contribution in [2.75, 3.05) is 6.61 Å². The quantitative estimate of drug-likeness (QED) is 0.533. The average molecular weight is 228 g/mol. The van der Waals surface area contributed by atoms with E-state index in [1.54, 1.807) is 0 Å². The first-order valence-corrected chi connectivity index (χ1v) is 8.74.